The highest BCUT2D eigenvalue weighted by Crippen LogP contribution is 2.24. The van der Waals surface area contributed by atoms with Gasteiger partial charge in [0.15, 0.2) is 0 Å². The van der Waals surface area contributed by atoms with Gasteiger partial charge in [0.05, 0.1) is 12.0 Å². The van der Waals surface area contributed by atoms with Crippen molar-refractivity contribution in [1.82, 2.24) is 0 Å². The SMILES string of the molecule is Cc1ccc(NC(=O)C[C@H](C(=O)O)[C@@H]2CCCO2)c(C)c1. The molecule has 1 aliphatic rings. The van der Waals surface area contributed by atoms with E-state index >= 15 is 0 Å². The molecule has 0 aromatic heterocycles. The summed E-state index contributed by atoms with van der Waals surface area (Å²) in [6.07, 6.45) is 1.14. The number of nitrogens with one attached hydrogen (secondary N) is 1. The van der Waals surface area contributed by atoms with Gasteiger partial charge in [0, 0.05) is 18.7 Å². The first kappa shape index (κ1) is 15.5. The lowest BCUT2D eigenvalue weighted by Crippen LogP contribution is -2.31. The van der Waals surface area contributed by atoms with E-state index in [1.807, 2.05) is 32.0 Å². The number of hydrogen-bond donors (Lipinski definition) is 2. The summed E-state index contributed by atoms with van der Waals surface area (Å²) in [5, 5.41) is 12.1. The Bertz CT molecular complexity index is 535. The van der Waals surface area contributed by atoms with Gasteiger partial charge in [-0.2, -0.15) is 0 Å². The third-order valence-corrected chi connectivity index (χ3v) is 3.79. The molecule has 0 unspecified atom stereocenters. The first-order valence-corrected chi connectivity index (χ1v) is 7.19. The number of aryl methyl sites for hydroxylation is 2. The molecule has 1 aromatic carbocycles. The fourth-order valence-electron chi connectivity index (χ4n) is 2.65. The third-order valence-electron chi connectivity index (χ3n) is 3.79. The van der Waals surface area contributed by atoms with Gasteiger partial charge < -0.3 is 15.2 Å². The van der Waals surface area contributed by atoms with Gasteiger partial charge in [-0.1, -0.05) is 17.7 Å². The van der Waals surface area contributed by atoms with Crippen molar-refractivity contribution in [2.45, 2.75) is 39.2 Å². The van der Waals surface area contributed by atoms with Crippen molar-refractivity contribution in [3.8, 4) is 0 Å². The minimum atomic E-state index is -0.974. The Balaban J connectivity index is 2.00. The minimum absolute atomic E-state index is 0.0622. The fraction of sp³-hybridized carbons (Fsp3) is 0.500. The van der Waals surface area contributed by atoms with Crippen molar-refractivity contribution >= 4 is 17.6 Å². The van der Waals surface area contributed by atoms with Gasteiger partial charge in [0.1, 0.15) is 0 Å². The molecule has 2 rings (SSSR count). The molecule has 114 valence electrons. The predicted octanol–water partition coefficient (Wildman–Crippen LogP) is 2.51. The molecule has 5 heteroatoms. The molecule has 1 heterocycles. The van der Waals surface area contributed by atoms with Crippen molar-refractivity contribution in [3.05, 3.63) is 29.3 Å². The topological polar surface area (TPSA) is 75.6 Å². The molecule has 1 fully saturated rings. The molecule has 2 atom stereocenters. The van der Waals surface area contributed by atoms with E-state index in [-0.39, 0.29) is 18.4 Å². The van der Waals surface area contributed by atoms with Gasteiger partial charge in [-0.3, -0.25) is 9.59 Å². The Labute approximate surface area is 124 Å². The molecule has 1 aliphatic heterocycles. The largest absolute Gasteiger partial charge is 0.481 e. The highest BCUT2D eigenvalue weighted by Gasteiger charge is 2.33. The number of carbonyl (C=O) groups excluding carboxylic acids is 1. The quantitative estimate of drug-likeness (QED) is 0.874. The molecule has 0 radical (unpaired) electrons. The maximum Gasteiger partial charge on any atom is 0.309 e. The van der Waals surface area contributed by atoms with Gasteiger partial charge in [0.2, 0.25) is 5.91 Å². The molecular weight excluding hydrogens is 270 g/mol. The molecule has 2 N–H and O–H groups in total. The molecule has 0 aliphatic carbocycles. The van der Waals surface area contributed by atoms with Crippen LogP contribution in [-0.2, 0) is 14.3 Å². The Morgan fingerprint density at radius 3 is 2.76 bits per heavy atom. The van der Waals surface area contributed by atoms with Gasteiger partial charge in [0.25, 0.3) is 0 Å². The van der Waals surface area contributed by atoms with Crippen LogP contribution < -0.4 is 5.32 Å². The lowest BCUT2D eigenvalue weighted by atomic mass is 9.96. The second-order valence-electron chi connectivity index (χ2n) is 5.57. The number of ether oxygens (including phenoxy) is 1. The van der Waals surface area contributed by atoms with E-state index in [9.17, 15) is 14.7 Å². The van der Waals surface area contributed by atoms with Crippen LogP contribution in [0.2, 0.25) is 0 Å². The molecule has 1 amide bonds. The number of benzene rings is 1. The van der Waals surface area contributed by atoms with Crippen molar-refractivity contribution in [1.29, 1.82) is 0 Å². The van der Waals surface area contributed by atoms with Crippen LogP contribution >= 0.6 is 0 Å². The second kappa shape index (κ2) is 6.72. The summed E-state index contributed by atoms with van der Waals surface area (Å²) in [7, 11) is 0. The summed E-state index contributed by atoms with van der Waals surface area (Å²) in [6.45, 7) is 4.47. The van der Waals surface area contributed by atoms with Crippen molar-refractivity contribution in [2.24, 2.45) is 5.92 Å². The van der Waals surface area contributed by atoms with Crippen LogP contribution in [0.3, 0.4) is 0 Å². The van der Waals surface area contributed by atoms with Crippen LogP contribution in [0.4, 0.5) is 5.69 Å². The van der Waals surface area contributed by atoms with Crippen LogP contribution in [0.5, 0.6) is 0 Å². The standard InChI is InChI=1S/C16H21NO4/c1-10-5-6-13(11(2)8-10)17-15(18)9-12(16(19)20)14-4-3-7-21-14/h5-6,8,12,14H,3-4,7,9H2,1-2H3,(H,17,18)(H,19,20)/t12-,14-/m0/s1. The monoisotopic (exact) mass is 291 g/mol. The van der Waals surface area contributed by atoms with Gasteiger partial charge in [-0.25, -0.2) is 0 Å². The number of carboxylic acid groups (broad SMARTS) is 1. The number of rotatable bonds is 5. The number of hydrogen-bond acceptors (Lipinski definition) is 3. The maximum atomic E-state index is 12.1. The second-order valence-corrected chi connectivity index (χ2v) is 5.57. The van der Waals surface area contributed by atoms with Crippen LogP contribution in [0.15, 0.2) is 18.2 Å². The summed E-state index contributed by atoms with van der Waals surface area (Å²) in [5.41, 5.74) is 2.81. The summed E-state index contributed by atoms with van der Waals surface area (Å²) < 4.78 is 5.41. The molecule has 5 nitrogen and oxygen atoms in total. The molecule has 1 saturated heterocycles. The molecule has 1 aromatic rings. The number of anilines is 1. The normalized spacial score (nSPS) is 19.2. The molecule has 0 saturated carbocycles. The zero-order valence-electron chi connectivity index (χ0n) is 12.4. The summed E-state index contributed by atoms with van der Waals surface area (Å²) in [6, 6.07) is 5.73. The molecule has 0 bridgehead atoms. The van der Waals surface area contributed by atoms with Crippen LogP contribution in [0, 0.1) is 19.8 Å². The zero-order valence-corrected chi connectivity index (χ0v) is 12.4. The predicted molar refractivity (Wildman–Crippen MR) is 79.3 cm³/mol. The summed E-state index contributed by atoms with van der Waals surface area (Å²) in [4.78, 5) is 23.4. The smallest absolute Gasteiger partial charge is 0.309 e. The number of amides is 1. The molecule has 21 heavy (non-hydrogen) atoms. The summed E-state index contributed by atoms with van der Waals surface area (Å²) >= 11 is 0. The average Bonchev–Trinajstić information content (AvgIpc) is 2.92. The Hall–Kier alpha value is -1.88. The third kappa shape index (κ3) is 4.04. The fourth-order valence-corrected chi connectivity index (χ4v) is 2.65. The maximum absolute atomic E-state index is 12.1. The van der Waals surface area contributed by atoms with E-state index in [0.29, 0.717) is 13.0 Å². The van der Waals surface area contributed by atoms with Crippen LogP contribution in [0.1, 0.15) is 30.4 Å². The Morgan fingerprint density at radius 1 is 1.43 bits per heavy atom. The summed E-state index contributed by atoms with van der Waals surface area (Å²) in [5.74, 6) is -2.04. The number of carbonyl (C=O) groups is 2. The number of carboxylic acids is 1. The van der Waals surface area contributed by atoms with E-state index < -0.39 is 11.9 Å². The first-order chi connectivity index (χ1) is 9.97. The Kier molecular flexibility index (Phi) is 4.96. The zero-order chi connectivity index (χ0) is 15.4. The lowest BCUT2D eigenvalue weighted by Gasteiger charge is -2.18. The van der Waals surface area contributed by atoms with Crippen molar-refractivity contribution < 1.29 is 19.4 Å². The van der Waals surface area contributed by atoms with Crippen molar-refractivity contribution in [2.75, 3.05) is 11.9 Å². The minimum Gasteiger partial charge on any atom is -0.481 e. The van der Waals surface area contributed by atoms with Gasteiger partial charge in [-0.15, -0.1) is 0 Å². The van der Waals surface area contributed by atoms with Crippen LogP contribution in [-0.4, -0.2) is 29.7 Å². The highest BCUT2D eigenvalue weighted by molar-refractivity contribution is 5.93. The van der Waals surface area contributed by atoms with E-state index in [0.717, 1.165) is 23.2 Å². The molecule has 0 spiro atoms. The van der Waals surface area contributed by atoms with E-state index in [2.05, 4.69) is 5.32 Å². The van der Waals surface area contributed by atoms with E-state index in [4.69, 9.17) is 4.74 Å². The van der Waals surface area contributed by atoms with E-state index in [1.165, 1.54) is 0 Å². The number of aliphatic carboxylic acids is 1. The molecular formula is C16H21NO4. The van der Waals surface area contributed by atoms with Gasteiger partial charge in [-0.05, 0) is 38.3 Å². The van der Waals surface area contributed by atoms with E-state index in [1.54, 1.807) is 0 Å². The van der Waals surface area contributed by atoms with Crippen LogP contribution in [0.25, 0.3) is 0 Å². The highest BCUT2D eigenvalue weighted by atomic mass is 16.5. The lowest BCUT2D eigenvalue weighted by molar-refractivity contribution is -0.148. The Morgan fingerprint density at radius 2 is 2.19 bits per heavy atom. The van der Waals surface area contributed by atoms with Crippen molar-refractivity contribution in [3.63, 3.8) is 0 Å². The average molecular weight is 291 g/mol. The van der Waals surface area contributed by atoms with Gasteiger partial charge >= 0.3 is 5.97 Å². The first-order valence-electron chi connectivity index (χ1n) is 7.19.